The summed E-state index contributed by atoms with van der Waals surface area (Å²) in [7, 11) is 1.46. The largest absolute Gasteiger partial charge is 0.493 e. The summed E-state index contributed by atoms with van der Waals surface area (Å²) < 4.78 is 11.2. The van der Waals surface area contributed by atoms with Crippen LogP contribution in [0.25, 0.3) is 0 Å². The molecule has 1 heterocycles. The predicted octanol–water partition coefficient (Wildman–Crippen LogP) is 2.04. The second kappa shape index (κ2) is 5.66. The number of fused-ring (bicyclic) bond motifs is 2. The molecule has 0 aromatic carbocycles. The van der Waals surface area contributed by atoms with Crippen LogP contribution >= 0.6 is 0 Å². The van der Waals surface area contributed by atoms with Crippen LogP contribution in [0, 0.1) is 34.5 Å². The number of rotatable bonds is 1. The predicted molar refractivity (Wildman–Crippen MR) is 95.3 cm³/mol. The molecule has 0 spiro atoms. The highest BCUT2D eigenvalue weighted by Gasteiger charge is 2.72. The van der Waals surface area contributed by atoms with Gasteiger partial charge in [-0.15, -0.1) is 0 Å². The Morgan fingerprint density at radius 2 is 1.85 bits per heavy atom. The molecular weight excluding hydrogens is 348 g/mol. The first-order chi connectivity index (χ1) is 12.6. The molecule has 0 radical (unpaired) electrons. The number of esters is 1. The monoisotopic (exact) mass is 376 g/mol. The van der Waals surface area contributed by atoms with Crippen molar-refractivity contribution in [3.8, 4) is 0 Å². The third kappa shape index (κ3) is 2.08. The summed E-state index contributed by atoms with van der Waals surface area (Å²) in [6, 6.07) is 0. The van der Waals surface area contributed by atoms with Crippen molar-refractivity contribution >= 4 is 17.5 Å². The van der Waals surface area contributed by atoms with Crippen molar-refractivity contribution in [2.45, 2.75) is 59.2 Å². The second-order valence-corrected chi connectivity index (χ2v) is 9.33. The Labute approximate surface area is 159 Å². The molecule has 6 heteroatoms. The van der Waals surface area contributed by atoms with Gasteiger partial charge in [0.15, 0.2) is 11.5 Å². The van der Waals surface area contributed by atoms with E-state index in [1.165, 1.54) is 7.11 Å². The number of ketones is 2. The Kier molecular flexibility index (Phi) is 3.91. The average Bonchev–Trinajstić information content (AvgIpc) is 2.58. The maximum Gasteiger partial charge on any atom is 0.306 e. The first-order valence-corrected chi connectivity index (χ1v) is 9.79. The highest BCUT2D eigenvalue weighted by molar-refractivity contribution is 6.04. The summed E-state index contributed by atoms with van der Waals surface area (Å²) in [5.74, 6) is -1.40. The van der Waals surface area contributed by atoms with Gasteiger partial charge < -0.3 is 14.6 Å². The van der Waals surface area contributed by atoms with E-state index < -0.39 is 29.0 Å². The molecule has 4 rings (SSSR count). The zero-order valence-electron chi connectivity index (χ0n) is 16.6. The van der Waals surface area contributed by atoms with Gasteiger partial charge in [-0.2, -0.15) is 0 Å². The quantitative estimate of drug-likeness (QED) is 0.705. The standard InChI is InChI=1S/C21H28O6/c1-9-6-13(22)19(25)21(4)11(9)7-14-20(3)12(8-15(23)27-14)10(2)17(26-5)16(24)18(20)21/h9,11-14,18,22H,6-8H2,1-5H3/t9-,11?,12?,13?,14?,18?,20?,21?/m1/s1. The highest BCUT2D eigenvalue weighted by atomic mass is 16.5. The number of hydrogen-bond donors (Lipinski definition) is 1. The maximum atomic E-state index is 13.6. The van der Waals surface area contributed by atoms with E-state index >= 15 is 0 Å². The molecule has 1 aliphatic heterocycles. The summed E-state index contributed by atoms with van der Waals surface area (Å²) in [6.07, 6.45) is -0.352. The summed E-state index contributed by atoms with van der Waals surface area (Å²) in [4.78, 5) is 39.2. The molecule has 0 aromatic rings. The fourth-order valence-electron chi connectivity index (χ4n) is 7.02. The van der Waals surface area contributed by atoms with Gasteiger partial charge in [0, 0.05) is 22.7 Å². The van der Waals surface area contributed by atoms with E-state index in [1.807, 2.05) is 27.7 Å². The van der Waals surface area contributed by atoms with Crippen molar-refractivity contribution in [2.75, 3.05) is 7.11 Å². The van der Waals surface area contributed by atoms with Gasteiger partial charge in [-0.3, -0.25) is 14.4 Å². The molecule has 1 N–H and O–H groups in total. The number of Topliss-reactive ketones (excluding diaryl/α,β-unsaturated/α-hetero) is 2. The van der Waals surface area contributed by atoms with Crippen molar-refractivity contribution in [1.82, 2.24) is 0 Å². The lowest BCUT2D eigenvalue weighted by molar-refractivity contribution is -0.224. The van der Waals surface area contributed by atoms with Crippen molar-refractivity contribution in [3.05, 3.63) is 11.3 Å². The molecule has 0 amide bonds. The van der Waals surface area contributed by atoms with Gasteiger partial charge in [0.1, 0.15) is 12.2 Å². The number of ether oxygens (including phenoxy) is 2. The Morgan fingerprint density at radius 1 is 1.19 bits per heavy atom. The molecule has 3 aliphatic carbocycles. The third-order valence-corrected chi connectivity index (χ3v) is 8.24. The molecule has 6 nitrogen and oxygen atoms in total. The van der Waals surface area contributed by atoms with Crippen LogP contribution in [0.2, 0.25) is 0 Å². The summed E-state index contributed by atoms with van der Waals surface area (Å²) in [6.45, 7) is 7.67. The summed E-state index contributed by atoms with van der Waals surface area (Å²) in [5, 5.41) is 10.4. The Balaban J connectivity index is 1.97. The van der Waals surface area contributed by atoms with E-state index in [1.54, 1.807) is 0 Å². The molecule has 1 saturated heterocycles. The van der Waals surface area contributed by atoms with Gasteiger partial charge in [-0.1, -0.05) is 20.8 Å². The number of allylic oxidation sites excluding steroid dienone is 2. The Morgan fingerprint density at radius 3 is 2.48 bits per heavy atom. The minimum absolute atomic E-state index is 0.0529. The van der Waals surface area contributed by atoms with Crippen molar-refractivity contribution < 1.29 is 29.0 Å². The zero-order chi connectivity index (χ0) is 19.9. The highest BCUT2D eigenvalue weighted by Crippen LogP contribution is 2.67. The van der Waals surface area contributed by atoms with Gasteiger partial charge in [-0.05, 0) is 37.2 Å². The maximum absolute atomic E-state index is 13.6. The van der Waals surface area contributed by atoms with Gasteiger partial charge in [0.2, 0.25) is 5.78 Å². The smallest absolute Gasteiger partial charge is 0.306 e. The van der Waals surface area contributed by atoms with Crippen LogP contribution in [0.4, 0.5) is 0 Å². The SMILES string of the molecule is COC1=C(C)C2CC(=O)OC3CC4[C@H](C)CC(O)C(=O)C4(C)C(C1=O)C32C. The Hall–Kier alpha value is -1.69. The molecule has 4 aliphatic rings. The van der Waals surface area contributed by atoms with Crippen LogP contribution in [-0.4, -0.2) is 42.0 Å². The number of hydrogen-bond acceptors (Lipinski definition) is 6. The molecule has 8 atom stereocenters. The fraction of sp³-hybridized carbons (Fsp3) is 0.762. The molecular formula is C21H28O6. The number of aliphatic hydroxyl groups is 1. The minimum atomic E-state index is -1.06. The lowest BCUT2D eigenvalue weighted by Gasteiger charge is -2.65. The van der Waals surface area contributed by atoms with Crippen LogP contribution < -0.4 is 0 Å². The molecule has 0 bridgehead atoms. The molecule has 0 aromatic heterocycles. The number of methoxy groups -OCH3 is 1. The van der Waals surface area contributed by atoms with Crippen molar-refractivity contribution in [3.63, 3.8) is 0 Å². The van der Waals surface area contributed by atoms with E-state index in [4.69, 9.17) is 9.47 Å². The van der Waals surface area contributed by atoms with Crippen LogP contribution in [0.1, 0.15) is 47.0 Å². The van der Waals surface area contributed by atoms with Crippen molar-refractivity contribution in [1.29, 1.82) is 0 Å². The molecule has 2 saturated carbocycles. The van der Waals surface area contributed by atoms with Crippen LogP contribution in [0.5, 0.6) is 0 Å². The molecule has 148 valence electrons. The second-order valence-electron chi connectivity index (χ2n) is 9.33. The van der Waals surface area contributed by atoms with Gasteiger partial charge in [0.25, 0.3) is 0 Å². The van der Waals surface area contributed by atoms with Crippen LogP contribution in [0.3, 0.4) is 0 Å². The van der Waals surface area contributed by atoms with E-state index in [2.05, 4.69) is 0 Å². The van der Waals surface area contributed by atoms with Crippen LogP contribution in [0.15, 0.2) is 11.3 Å². The lowest BCUT2D eigenvalue weighted by Crippen LogP contribution is -2.70. The van der Waals surface area contributed by atoms with Crippen LogP contribution in [-0.2, 0) is 23.9 Å². The average molecular weight is 376 g/mol. The topological polar surface area (TPSA) is 89.9 Å². The van der Waals surface area contributed by atoms with Crippen molar-refractivity contribution in [2.24, 2.45) is 34.5 Å². The van der Waals surface area contributed by atoms with E-state index in [-0.39, 0.29) is 47.5 Å². The first-order valence-electron chi connectivity index (χ1n) is 9.79. The van der Waals surface area contributed by atoms with Gasteiger partial charge in [0.05, 0.1) is 13.5 Å². The van der Waals surface area contributed by atoms with E-state index in [0.717, 1.165) is 5.57 Å². The van der Waals surface area contributed by atoms with Gasteiger partial charge in [-0.25, -0.2) is 0 Å². The zero-order valence-corrected chi connectivity index (χ0v) is 16.6. The van der Waals surface area contributed by atoms with Gasteiger partial charge >= 0.3 is 5.97 Å². The summed E-state index contributed by atoms with van der Waals surface area (Å²) in [5.41, 5.74) is -0.900. The Bertz CT molecular complexity index is 769. The molecule has 7 unspecified atom stereocenters. The third-order valence-electron chi connectivity index (χ3n) is 8.24. The minimum Gasteiger partial charge on any atom is -0.493 e. The summed E-state index contributed by atoms with van der Waals surface area (Å²) >= 11 is 0. The lowest BCUT2D eigenvalue weighted by atomic mass is 9.39. The normalized spacial score (nSPS) is 49.3. The fourth-order valence-corrected chi connectivity index (χ4v) is 7.02. The number of carbonyl (C=O) groups is 3. The number of carbonyl (C=O) groups excluding carboxylic acids is 3. The molecule has 27 heavy (non-hydrogen) atoms. The number of aliphatic hydroxyl groups excluding tert-OH is 1. The van der Waals surface area contributed by atoms with E-state index in [9.17, 15) is 19.5 Å². The first kappa shape index (κ1) is 18.7. The molecule has 3 fully saturated rings. The van der Waals surface area contributed by atoms with E-state index in [0.29, 0.717) is 12.8 Å².